The fourth-order valence-corrected chi connectivity index (χ4v) is 6.21. The summed E-state index contributed by atoms with van der Waals surface area (Å²) in [5.74, 6) is 0. The molecule has 0 unspecified atom stereocenters. The minimum atomic E-state index is -3.63. The monoisotopic (exact) mass is 400 g/mol. The first-order valence-electron chi connectivity index (χ1n) is 7.93. The van der Waals surface area contributed by atoms with E-state index in [1.54, 1.807) is 24.3 Å². The van der Waals surface area contributed by atoms with Crippen molar-refractivity contribution in [1.82, 2.24) is 0 Å². The van der Waals surface area contributed by atoms with Gasteiger partial charge >= 0.3 is 0 Å². The van der Waals surface area contributed by atoms with E-state index >= 15 is 0 Å². The van der Waals surface area contributed by atoms with Crippen LogP contribution >= 0.6 is 11.3 Å². The predicted octanol–water partition coefficient (Wildman–Crippen LogP) is 2.82. The summed E-state index contributed by atoms with van der Waals surface area (Å²) in [5.41, 5.74) is 1.90. The molecule has 0 saturated carbocycles. The summed E-state index contributed by atoms with van der Waals surface area (Å²) >= 11 is 1.25. The van der Waals surface area contributed by atoms with E-state index in [4.69, 9.17) is 0 Å². The van der Waals surface area contributed by atoms with Gasteiger partial charge in [0, 0.05) is 17.1 Å². The Balaban J connectivity index is 1.90. The maximum absolute atomic E-state index is 12.5. The molecule has 2 aromatic rings. The van der Waals surface area contributed by atoms with E-state index < -0.39 is 20.0 Å². The average Bonchev–Trinajstić information content (AvgIpc) is 3.03. The molecule has 0 bridgehead atoms. The van der Waals surface area contributed by atoms with Crippen molar-refractivity contribution in [1.29, 1.82) is 0 Å². The molecule has 0 saturated heterocycles. The van der Waals surface area contributed by atoms with E-state index in [9.17, 15) is 16.8 Å². The molecule has 6 nitrogen and oxygen atoms in total. The van der Waals surface area contributed by atoms with Crippen LogP contribution in [0.5, 0.6) is 0 Å². The van der Waals surface area contributed by atoms with Gasteiger partial charge in [0.1, 0.15) is 4.21 Å². The molecule has 0 atom stereocenters. The van der Waals surface area contributed by atoms with Crippen LogP contribution in [0.4, 0.5) is 11.4 Å². The third kappa shape index (κ3) is 3.83. The molecular formula is C16H20N2O4S3. The molecule has 1 aliphatic heterocycles. The van der Waals surface area contributed by atoms with Crippen molar-refractivity contribution in [2.75, 3.05) is 21.8 Å². The summed E-state index contributed by atoms with van der Waals surface area (Å²) in [7, 11) is -6.97. The molecule has 9 heteroatoms. The summed E-state index contributed by atoms with van der Waals surface area (Å²) in [6.07, 6.45) is 3.40. The smallest absolute Gasteiger partial charge is 0.271 e. The summed E-state index contributed by atoms with van der Waals surface area (Å²) in [6.45, 7) is 2.43. The molecular weight excluding hydrogens is 380 g/mol. The van der Waals surface area contributed by atoms with Crippen LogP contribution in [0.2, 0.25) is 0 Å². The second kappa shape index (κ2) is 6.62. The first-order chi connectivity index (χ1) is 11.7. The number of hydrogen-bond donors (Lipinski definition) is 1. The van der Waals surface area contributed by atoms with Crippen LogP contribution in [0.1, 0.15) is 23.8 Å². The first-order valence-corrected chi connectivity index (χ1v) is 12.1. The number of fused-ring (bicyclic) bond motifs is 1. The number of sulfonamides is 2. The molecule has 0 amide bonds. The van der Waals surface area contributed by atoms with Gasteiger partial charge in [-0.15, -0.1) is 11.3 Å². The van der Waals surface area contributed by atoms with Crippen LogP contribution in [0, 0.1) is 0 Å². The third-order valence-corrected chi connectivity index (χ3v) is 8.34. The number of thiophene rings is 1. The number of nitrogens with one attached hydrogen (secondary N) is 1. The van der Waals surface area contributed by atoms with Crippen molar-refractivity contribution in [2.24, 2.45) is 0 Å². The molecule has 2 heterocycles. The fourth-order valence-electron chi connectivity index (χ4n) is 2.87. The Morgan fingerprint density at radius 1 is 1.16 bits per heavy atom. The van der Waals surface area contributed by atoms with Crippen molar-refractivity contribution in [3.05, 3.63) is 40.8 Å². The van der Waals surface area contributed by atoms with Gasteiger partial charge in [-0.1, -0.05) is 6.92 Å². The van der Waals surface area contributed by atoms with Gasteiger partial charge in [0.05, 0.1) is 11.9 Å². The van der Waals surface area contributed by atoms with Gasteiger partial charge in [-0.25, -0.2) is 16.8 Å². The number of benzene rings is 1. The van der Waals surface area contributed by atoms with Gasteiger partial charge in [-0.3, -0.25) is 9.03 Å². The van der Waals surface area contributed by atoms with Crippen molar-refractivity contribution in [3.8, 4) is 0 Å². The summed E-state index contributed by atoms with van der Waals surface area (Å²) in [5, 5.41) is 0. The molecule has 0 spiro atoms. The second-order valence-electron chi connectivity index (χ2n) is 5.96. The second-order valence-corrected chi connectivity index (χ2v) is 10.9. The van der Waals surface area contributed by atoms with Crippen LogP contribution in [0.25, 0.3) is 0 Å². The van der Waals surface area contributed by atoms with Gasteiger partial charge in [0.15, 0.2) is 0 Å². The van der Waals surface area contributed by atoms with Crippen molar-refractivity contribution < 1.29 is 16.8 Å². The van der Waals surface area contributed by atoms with Crippen LogP contribution in [-0.2, 0) is 32.9 Å². The quantitative estimate of drug-likeness (QED) is 0.836. The SMILES string of the molecule is CCc1ccc(S(=O)(=O)Nc2ccc3c(c2)CCCN3S(C)(=O)=O)s1. The molecule has 0 aliphatic carbocycles. The van der Waals surface area contributed by atoms with Gasteiger partial charge in [0.25, 0.3) is 10.0 Å². The highest BCUT2D eigenvalue weighted by Gasteiger charge is 2.25. The van der Waals surface area contributed by atoms with Gasteiger partial charge < -0.3 is 0 Å². The molecule has 25 heavy (non-hydrogen) atoms. The number of hydrogen-bond acceptors (Lipinski definition) is 5. The topological polar surface area (TPSA) is 83.6 Å². The highest BCUT2D eigenvalue weighted by molar-refractivity contribution is 7.94. The molecule has 3 rings (SSSR count). The van der Waals surface area contributed by atoms with E-state index in [1.165, 1.54) is 21.9 Å². The molecule has 0 radical (unpaired) electrons. The minimum Gasteiger partial charge on any atom is -0.279 e. The molecule has 0 fully saturated rings. The first kappa shape index (κ1) is 18.2. The van der Waals surface area contributed by atoms with Gasteiger partial charge in [-0.05, 0) is 55.2 Å². The Hall–Kier alpha value is -1.58. The molecule has 1 aromatic heterocycles. The Labute approximate surface area is 152 Å². The minimum absolute atomic E-state index is 0.278. The van der Waals surface area contributed by atoms with E-state index in [0.29, 0.717) is 24.3 Å². The maximum atomic E-state index is 12.5. The number of nitrogens with zero attached hydrogens (tertiary/aromatic N) is 1. The van der Waals surface area contributed by atoms with Crippen molar-refractivity contribution in [3.63, 3.8) is 0 Å². The van der Waals surface area contributed by atoms with E-state index in [-0.39, 0.29) is 4.21 Å². The van der Waals surface area contributed by atoms with Crippen LogP contribution in [0.15, 0.2) is 34.5 Å². The van der Waals surface area contributed by atoms with Crippen molar-refractivity contribution in [2.45, 2.75) is 30.4 Å². The number of aryl methyl sites for hydroxylation is 2. The Morgan fingerprint density at radius 2 is 1.92 bits per heavy atom. The molecule has 1 aliphatic rings. The Kier molecular flexibility index (Phi) is 4.82. The average molecular weight is 401 g/mol. The van der Waals surface area contributed by atoms with Crippen LogP contribution in [-0.4, -0.2) is 29.6 Å². The fraction of sp³-hybridized carbons (Fsp3) is 0.375. The molecule has 136 valence electrons. The van der Waals surface area contributed by atoms with Gasteiger partial charge in [0.2, 0.25) is 10.0 Å². The maximum Gasteiger partial charge on any atom is 0.271 e. The van der Waals surface area contributed by atoms with Crippen molar-refractivity contribution >= 4 is 42.8 Å². The van der Waals surface area contributed by atoms with Crippen LogP contribution < -0.4 is 9.03 Å². The van der Waals surface area contributed by atoms with Crippen LogP contribution in [0.3, 0.4) is 0 Å². The van der Waals surface area contributed by atoms with Gasteiger partial charge in [-0.2, -0.15) is 0 Å². The number of anilines is 2. The zero-order valence-electron chi connectivity index (χ0n) is 14.0. The molecule has 1 N–H and O–H groups in total. The van der Waals surface area contributed by atoms with E-state index in [1.807, 2.05) is 13.0 Å². The summed E-state index contributed by atoms with van der Waals surface area (Å²) in [6, 6.07) is 8.41. The normalized spacial score (nSPS) is 15.0. The highest BCUT2D eigenvalue weighted by Crippen LogP contribution is 2.32. The zero-order valence-corrected chi connectivity index (χ0v) is 16.5. The Morgan fingerprint density at radius 3 is 2.56 bits per heavy atom. The lowest BCUT2D eigenvalue weighted by molar-refractivity contribution is 0.592. The highest BCUT2D eigenvalue weighted by atomic mass is 32.2. The Bertz CT molecular complexity index is 994. The third-order valence-electron chi connectivity index (χ3n) is 4.06. The summed E-state index contributed by atoms with van der Waals surface area (Å²) < 4.78 is 53.1. The molecule has 1 aromatic carbocycles. The summed E-state index contributed by atoms with van der Waals surface area (Å²) in [4.78, 5) is 1.01. The lowest BCUT2D eigenvalue weighted by Crippen LogP contribution is -2.34. The zero-order chi connectivity index (χ0) is 18.2. The predicted molar refractivity (Wildman–Crippen MR) is 101 cm³/mol. The van der Waals surface area contributed by atoms with E-state index in [2.05, 4.69) is 4.72 Å². The lowest BCUT2D eigenvalue weighted by Gasteiger charge is -2.29. The lowest BCUT2D eigenvalue weighted by atomic mass is 10.0. The largest absolute Gasteiger partial charge is 0.279 e. The van der Waals surface area contributed by atoms with E-state index in [0.717, 1.165) is 23.3 Å². The number of rotatable bonds is 5. The standard InChI is InChI=1S/C16H20N2O4S3/c1-3-14-7-9-16(23-14)25(21,22)17-13-6-8-15-12(11-13)5-4-10-18(15)24(2,19)20/h6-9,11,17H,3-5,10H2,1-2H3.